The van der Waals surface area contributed by atoms with Crippen molar-refractivity contribution in [2.24, 2.45) is 0 Å². The maximum absolute atomic E-state index is 8.79. The van der Waals surface area contributed by atoms with E-state index in [9.17, 15) is 0 Å². The normalized spacial score (nSPS) is 10.1. The minimum Gasteiger partial charge on any atom is -0.457 e. The van der Waals surface area contributed by atoms with Crippen molar-refractivity contribution in [3.8, 4) is 17.6 Å². The molecule has 2 aromatic carbocycles. The number of nitrogens with zero attached hydrogens (tertiary/aromatic N) is 1. The highest BCUT2D eigenvalue weighted by atomic mass is 16.7. The predicted octanol–water partition coefficient (Wildman–Crippen LogP) is 2.73. The Morgan fingerprint density at radius 1 is 1.04 bits per heavy atom. The fourth-order valence-electron chi connectivity index (χ4n) is 1.89. The second-order valence-electron chi connectivity index (χ2n) is 4.67. The molecule has 7 heteroatoms. The van der Waals surface area contributed by atoms with E-state index in [4.69, 9.17) is 29.7 Å². The molecule has 0 saturated carbocycles. The molecule has 0 aliphatic carbocycles. The maximum atomic E-state index is 8.79. The van der Waals surface area contributed by atoms with Crippen molar-refractivity contribution in [2.45, 2.75) is 6.61 Å². The van der Waals surface area contributed by atoms with Crippen molar-refractivity contribution in [3.05, 3.63) is 53.6 Å². The highest BCUT2D eigenvalue weighted by Crippen LogP contribution is 2.26. The molecule has 0 radical (unpaired) electrons. The van der Waals surface area contributed by atoms with Crippen LogP contribution < -0.4 is 10.5 Å². The molecular weight excluding hydrogens is 295 g/mol. The van der Waals surface area contributed by atoms with Crippen LogP contribution in [0.2, 0.25) is 0 Å². The lowest BCUT2D eigenvalue weighted by atomic mass is 10.1. The molecule has 0 heterocycles. The average Bonchev–Trinajstić information content (AvgIpc) is 2.59. The van der Waals surface area contributed by atoms with E-state index in [0.717, 1.165) is 5.56 Å². The van der Waals surface area contributed by atoms with Crippen LogP contribution in [0.1, 0.15) is 11.1 Å². The molecule has 6 nitrogen and oxygen atoms in total. The minimum absolute atomic E-state index is 0.225. The van der Waals surface area contributed by atoms with Crippen LogP contribution in [0.25, 0.3) is 0 Å². The molecule has 0 unspecified atom stereocenters. The van der Waals surface area contributed by atoms with Crippen LogP contribution in [0.3, 0.4) is 0 Å². The van der Waals surface area contributed by atoms with Gasteiger partial charge in [-0.3, -0.25) is 0 Å². The summed E-state index contributed by atoms with van der Waals surface area (Å²) < 4.78 is 21.1. The number of hydrogen-bond donors (Lipinski definition) is 1. The highest BCUT2D eigenvalue weighted by molar-refractivity contribution is 6.36. The Kier molecular flexibility index (Phi) is 6.00. The molecule has 0 amide bonds. The zero-order valence-electron chi connectivity index (χ0n) is 13.0. The fraction of sp³-hybridized carbons (Fsp3) is 0.188. The van der Waals surface area contributed by atoms with Crippen molar-refractivity contribution in [1.29, 1.82) is 5.26 Å². The Bertz CT molecular complexity index is 681. The van der Waals surface area contributed by atoms with Crippen molar-refractivity contribution in [1.82, 2.24) is 0 Å². The third-order valence-electron chi connectivity index (χ3n) is 3.09. The first-order chi connectivity index (χ1) is 11.2. The lowest BCUT2D eigenvalue weighted by Crippen LogP contribution is -2.23. The van der Waals surface area contributed by atoms with E-state index in [0.29, 0.717) is 22.7 Å². The molecule has 0 aromatic heterocycles. The third-order valence-corrected chi connectivity index (χ3v) is 3.09. The minimum atomic E-state index is -0.752. The van der Waals surface area contributed by atoms with E-state index in [2.05, 4.69) is 6.07 Å². The Labute approximate surface area is 135 Å². The summed E-state index contributed by atoms with van der Waals surface area (Å²) in [6.07, 6.45) is 0. The average molecular weight is 312 g/mol. The molecule has 0 aliphatic heterocycles. The predicted molar refractivity (Wildman–Crippen MR) is 86.6 cm³/mol. The fourth-order valence-corrected chi connectivity index (χ4v) is 1.89. The molecule has 0 atom stereocenters. The quantitative estimate of drug-likeness (QED) is 0.625. The van der Waals surface area contributed by atoms with Crippen LogP contribution in [0.4, 0.5) is 5.69 Å². The topological polar surface area (TPSA) is 86.7 Å². The molecule has 2 rings (SSSR count). The van der Waals surface area contributed by atoms with Gasteiger partial charge in [0.05, 0.1) is 18.2 Å². The molecule has 0 aliphatic rings. The number of rotatable bonds is 7. The molecule has 0 spiro atoms. The second kappa shape index (κ2) is 8.20. The highest BCUT2D eigenvalue weighted by Gasteiger charge is 2.17. The zero-order chi connectivity index (χ0) is 16.7. The molecule has 23 heavy (non-hydrogen) atoms. The van der Waals surface area contributed by atoms with Gasteiger partial charge in [0, 0.05) is 25.5 Å². The summed E-state index contributed by atoms with van der Waals surface area (Å²) >= 11 is 0. The van der Waals surface area contributed by atoms with Crippen molar-refractivity contribution < 1.29 is 18.7 Å². The van der Waals surface area contributed by atoms with Crippen molar-refractivity contribution in [3.63, 3.8) is 0 Å². The summed E-state index contributed by atoms with van der Waals surface area (Å²) in [5, 5.41) is 8.79. The molecule has 118 valence electrons. The first kappa shape index (κ1) is 16.8. The number of hydrogen-bond acceptors (Lipinski definition) is 6. The van der Waals surface area contributed by atoms with E-state index in [1.165, 1.54) is 14.2 Å². The number of ether oxygens (including phenoxy) is 1. The SMILES string of the molecule is COB(OC)OCc1cc(Oc2ccc(C#N)cc2)ccc1N. The van der Waals surface area contributed by atoms with Crippen LogP contribution in [0.5, 0.6) is 11.5 Å². The molecule has 0 bridgehead atoms. The molecule has 0 saturated heterocycles. The van der Waals surface area contributed by atoms with Gasteiger partial charge in [-0.2, -0.15) is 5.26 Å². The van der Waals surface area contributed by atoms with Crippen molar-refractivity contribution in [2.75, 3.05) is 20.0 Å². The first-order valence-electron chi connectivity index (χ1n) is 6.90. The van der Waals surface area contributed by atoms with Gasteiger partial charge < -0.3 is 24.4 Å². The number of nitrogen functional groups attached to an aromatic ring is 1. The zero-order valence-corrected chi connectivity index (χ0v) is 13.0. The van der Waals surface area contributed by atoms with Gasteiger partial charge in [0.15, 0.2) is 0 Å². The van der Waals surface area contributed by atoms with E-state index in [1.807, 2.05) is 0 Å². The lowest BCUT2D eigenvalue weighted by Gasteiger charge is -2.12. The number of anilines is 1. The van der Waals surface area contributed by atoms with Gasteiger partial charge in [0.25, 0.3) is 0 Å². The van der Waals surface area contributed by atoms with Crippen LogP contribution in [-0.2, 0) is 20.6 Å². The smallest absolute Gasteiger partial charge is 0.457 e. The van der Waals surface area contributed by atoms with E-state index in [1.54, 1.807) is 42.5 Å². The van der Waals surface area contributed by atoms with Gasteiger partial charge >= 0.3 is 7.32 Å². The molecule has 2 N–H and O–H groups in total. The maximum Gasteiger partial charge on any atom is 0.639 e. The third kappa shape index (κ3) is 4.73. The van der Waals surface area contributed by atoms with Gasteiger partial charge in [-0.15, -0.1) is 0 Å². The number of nitrogens with two attached hydrogens (primary N) is 1. The molecular formula is C16H17BN2O4. The standard InChI is InChI=1S/C16H17BN2O4/c1-20-17(21-2)22-11-13-9-15(7-8-16(13)19)23-14-5-3-12(10-18)4-6-14/h3-9H,11,19H2,1-2H3. The van der Waals surface area contributed by atoms with Gasteiger partial charge in [0.2, 0.25) is 0 Å². The Balaban J connectivity index is 2.08. The number of nitriles is 1. The first-order valence-corrected chi connectivity index (χ1v) is 6.90. The van der Waals surface area contributed by atoms with Crippen molar-refractivity contribution >= 4 is 13.0 Å². The van der Waals surface area contributed by atoms with Crippen LogP contribution in [0.15, 0.2) is 42.5 Å². The summed E-state index contributed by atoms with van der Waals surface area (Å²) in [5.74, 6) is 1.25. The summed E-state index contributed by atoms with van der Waals surface area (Å²) in [6, 6.07) is 14.2. The Morgan fingerprint density at radius 2 is 1.70 bits per heavy atom. The summed E-state index contributed by atoms with van der Waals surface area (Å²) in [4.78, 5) is 0. The van der Waals surface area contributed by atoms with Gasteiger partial charge in [-0.1, -0.05) is 0 Å². The van der Waals surface area contributed by atoms with E-state index < -0.39 is 7.32 Å². The lowest BCUT2D eigenvalue weighted by molar-refractivity contribution is 0.128. The van der Waals surface area contributed by atoms with Gasteiger partial charge in [0.1, 0.15) is 11.5 Å². The molecule has 2 aromatic rings. The van der Waals surface area contributed by atoms with E-state index >= 15 is 0 Å². The largest absolute Gasteiger partial charge is 0.639 e. The summed E-state index contributed by atoms with van der Waals surface area (Å²) in [6.45, 7) is 0.225. The number of benzene rings is 2. The second-order valence-corrected chi connectivity index (χ2v) is 4.67. The van der Waals surface area contributed by atoms with Crippen LogP contribution in [-0.4, -0.2) is 21.5 Å². The van der Waals surface area contributed by atoms with Gasteiger partial charge in [-0.05, 0) is 42.5 Å². The summed E-state index contributed by atoms with van der Waals surface area (Å²) in [5.41, 5.74) is 7.86. The monoisotopic (exact) mass is 312 g/mol. The Hall–Kier alpha value is -2.53. The summed E-state index contributed by atoms with van der Waals surface area (Å²) in [7, 11) is 2.22. The van der Waals surface area contributed by atoms with Gasteiger partial charge in [-0.25, -0.2) is 0 Å². The van der Waals surface area contributed by atoms with Crippen LogP contribution in [0, 0.1) is 11.3 Å². The van der Waals surface area contributed by atoms with E-state index in [-0.39, 0.29) is 6.61 Å². The Morgan fingerprint density at radius 3 is 2.30 bits per heavy atom. The molecule has 0 fully saturated rings. The van der Waals surface area contributed by atoms with Crippen LogP contribution >= 0.6 is 0 Å².